The predicted octanol–water partition coefficient (Wildman–Crippen LogP) is 5.12. The molecule has 0 amide bonds. The number of sulfonamides is 1. The molecule has 1 N–H and O–H groups in total. The maximum Gasteiger partial charge on any atom is 0.412 e. The normalized spacial score (nSPS) is 13.6. The standard InChI is InChI=1S/C18H26F3NO2S/c1-4-5-6-7-8-16(13-15(3)18(19,20)21)22-25(23,24)17-11-9-14(2)10-12-17/h9-12,16,22H,3-8,13H2,1-2H3. The lowest BCUT2D eigenvalue weighted by Gasteiger charge is -2.21. The fraction of sp³-hybridized carbons (Fsp3) is 0.556. The molecule has 0 aliphatic carbocycles. The van der Waals surface area contributed by atoms with Gasteiger partial charge in [-0.25, -0.2) is 13.1 Å². The van der Waals surface area contributed by atoms with Crippen molar-refractivity contribution in [3.63, 3.8) is 0 Å². The molecule has 25 heavy (non-hydrogen) atoms. The number of alkyl halides is 3. The third-order valence-electron chi connectivity index (χ3n) is 3.95. The highest BCUT2D eigenvalue weighted by atomic mass is 32.2. The Balaban J connectivity index is 2.86. The Labute approximate surface area is 148 Å². The largest absolute Gasteiger partial charge is 0.412 e. The van der Waals surface area contributed by atoms with Crippen LogP contribution in [0.15, 0.2) is 41.3 Å². The number of rotatable bonds is 10. The van der Waals surface area contributed by atoms with Crippen molar-refractivity contribution in [3.8, 4) is 0 Å². The summed E-state index contributed by atoms with van der Waals surface area (Å²) in [5, 5.41) is 0. The molecule has 0 saturated heterocycles. The zero-order valence-electron chi connectivity index (χ0n) is 14.7. The minimum absolute atomic E-state index is 0.0503. The molecule has 0 spiro atoms. The Kier molecular flexibility index (Phi) is 8.15. The summed E-state index contributed by atoms with van der Waals surface area (Å²) < 4.78 is 65.7. The minimum atomic E-state index is -4.52. The van der Waals surface area contributed by atoms with Crippen LogP contribution in [0.5, 0.6) is 0 Å². The summed E-state index contributed by atoms with van der Waals surface area (Å²) in [6.07, 6.45) is -1.12. The molecule has 0 aromatic heterocycles. The van der Waals surface area contributed by atoms with Gasteiger partial charge in [0.2, 0.25) is 10.0 Å². The number of halogens is 3. The lowest BCUT2D eigenvalue weighted by atomic mass is 10.0. The Hall–Kier alpha value is -1.34. The highest BCUT2D eigenvalue weighted by molar-refractivity contribution is 7.89. The van der Waals surface area contributed by atoms with Crippen LogP contribution >= 0.6 is 0 Å². The molecule has 0 heterocycles. The van der Waals surface area contributed by atoms with E-state index in [-0.39, 0.29) is 4.90 Å². The molecule has 3 nitrogen and oxygen atoms in total. The van der Waals surface area contributed by atoms with E-state index in [1.54, 1.807) is 12.1 Å². The summed E-state index contributed by atoms with van der Waals surface area (Å²) in [6, 6.07) is 5.38. The second kappa shape index (κ2) is 9.38. The highest BCUT2D eigenvalue weighted by Gasteiger charge is 2.34. The summed E-state index contributed by atoms with van der Waals surface area (Å²) in [6.45, 7) is 6.92. The van der Waals surface area contributed by atoms with Crippen molar-refractivity contribution in [2.24, 2.45) is 0 Å². The van der Waals surface area contributed by atoms with Gasteiger partial charge in [0.25, 0.3) is 0 Å². The van der Waals surface area contributed by atoms with Crippen LogP contribution in [0, 0.1) is 6.92 Å². The molecule has 1 aromatic rings. The molecule has 0 aliphatic rings. The first kappa shape index (κ1) is 21.7. The predicted molar refractivity (Wildman–Crippen MR) is 93.9 cm³/mol. The van der Waals surface area contributed by atoms with Crippen molar-refractivity contribution in [1.82, 2.24) is 4.72 Å². The molecule has 1 unspecified atom stereocenters. The number of hydrogen-bond donors (Lipinski definition) is 1. The van der Waals surface area contributed by atoms with Gasteiger partial charge >= 0.3 is 6.18 Å². The zero-order valence-corrected chi connectivity index (χ0v) is 15.5. The number of aryl methyl sites for hydroxylation is 1. The molecule has 0 bridgehead atoms. The van der Waals surface area contributed by atoms with Gasteiger partial charge in [-0.15, -0.1) is 0 Å². The van der Waals surface area contributed by atoms with Gasteiger partial charge in [-0.1, -0.05) is 56.9 Å². The summed E-state index contributed by atoms with van der Waals surface area (Å²) >= 11 is 0. The summed E-state index contributed by atoms with van der Waals surface area (Å²) in [4.78, 5) is 0.0503. The third-order valence-corrected chi connectivity index (χ3v) is 5.49. The van der Waals surface area contributed by atoms with Gasteiger partial charge in [-0.3, -0.25) is 0 Å². The van der Waals surface area contributed by atoms with Gasteiger partial charge in [0.05, 0.1) is 4.90 Å². The van der Waals surface area contributed by atoms with E-state index < -0.39 is 34.2 Å². The molecular formula is C18H26F3NO2S. The fourth-order valence-electron chi connectivity index (χ4n) is 2.44. The zero-order chi connectivity index (χ0) is 19.1. The number of benzene rings is 1. The Bertz CT molecular complexity index is 652. The molecular weight excluding hydrogens is 351 g/mol. The molecule has 1 atom stereocenters. The molecule has 1 rings (SSSR count). The Morgan fingerprint density at radius 2 is 1.76 bits per heavy atom. The maximum absolute atomic E-state index is 12.8. The van der Waals surface area contributed by atoms with Crippen LogP contribution in [0.1, 0.15) is 51.0 Å². The first-order chi connectivity index (χ1) is 11.6. The molecule has 0 aliphatic heterocycles. The van der Waals surface area contributed by atoms with Crippen LogP contribution in [0.3, 0.4) is 0 Å². The average Bonchev–Trinajstić information content (AvgIpc) is 2.50. The van der Waals surface area contributed by atoms with Crippen molar-refractivity contribution < 1.29 is 21.6 Å². The van der Waals surface area contributed by atoms with Crippen molar-refractivity contribution in [1.29, 1.82) is 0 Å². The van der Waals surface area contributed by atoms with E-state index in [9.17, 15) is 21.6 Å². The van der Waals surface area contributed by atoms with Gasteiger partial charge in [0.15, 0.2) is 0 Å². The van der Waals surface area contributed by atoms with Crippen molar-refractivity contribution in [2.45, 2.75) is 69.5 Å². The van der Waals surface area contributed by atoms with E-state index >= 15 is 0 Å². The van der Waals surface area contributed by atoms with Gasteiger partial charge in [0.1, 0.15) is 0 Å². The lowest BCUT2D eigenvalue weighted by molar-refractivity contribution is -0.0942. The molecule has 0 saturated carbocycles. The minimum Gasteiger partial charge on any atom is -0.208 e. The van der Waals surface area contributed by atoms with Crippen molar-refractivity contribution in [2.75, 3.05) is 0 Å². The van der Waals surface area contributed by atoms with E-state index in [1.165, 1.54) is 12.1 Å². The summed E-state index contributed by atoms with van der Waals surface area (Å²) in [7, 11) is -3.87. The SMILES string of the molecule is C=C(CC(CCCCCC)NS(=O)(=O)c1ccc(C)cc1)C(F)(F)F. The molecule has 1 aromatic carbocycles. The topological polar surface area (TPSA) is 46.2 Å². The van der Waals surface area contributed by atoms with Gasteiger partial charge in [0, 0.05) is 11.6 Å². The van der Waals surface area contributed by atoms with Crippen LogP contribution in [-0.4, -0.2) is 20.6 Å². The van der Waals surface area contributed by atoms with Crippen LogP contribution in [0.25, 0.3) is 0 Å². The van der Waals surface area contributed by atoms with Gasteiger partial charge in [-0.05, 0) is 31.9 Å². The number of nitrogens with one attached hydrogen (secondary N) is 1. The Morgan fingerprint density at radius 1 is 1.16 bits per heavy atom. The smallest absolute Gasteiger partial charge is 0.208 e. The highest BCUT2D eigenvalue weighted by Crippen LogP contribution is 2.29. The molecule has 0 radical (unpaired) electrons. The van der Waals surface area contributed by atoms with E-state index in [4.69, 9.17) is 0 Å². The molecule has 142 valence electrons. The molecule has 7 heteroatoms. The fourth-order valence-corrected chi connectivity index (χ4v) is 3.71. The third kappa shape index (κ3) is 7.61. The van der Waals surface area contributed by atoms with Crippen LogP contribution in [0.2, 0.25) is 0 Å². The lowest BCUT2D eigenvalue weighted by Crippen LogP contribution is -2.36. The monoisotopic (exact) mass is 377 g/mol. The maximum atomic E-state index is 12.8. The summed E-state index contributed by atoms with van der Waals surface area (Å²) in [5.74, 6) is 0. The summed E-state index contributed by atoms with van der Waals surface area (Å²) in [5.41, 5.74) is -0.0138. The average molecular weight is 377 g/mol. The second-order valence-corrected chi connectivity index (χ2v) is 8.00. The van der Waals surface area contributed by atoms with Crippen LogP contribution in [-0.2, 0) is 10.0 Å². The Morgan fingerprint density at radius 3 is 2.28 bits per heavy atom. The van der Waals surface area contributed by atoms with E-state index in [0.29, 0.717) is 12.8 Å². The number of unbranched alkanes of at least 4 members (excludes halogenated alkanes) is 3. The molecule has 0 fully saturated rings. The van der Waals surface area contributed by atoms with E-state index in [0.717, 1.165) is 24.8 Å². The van der Waals surface area contributed by atoms with Crippen molar-refractivity contribution in [3.05, 3.63) is 42.0 Å². The van der Waals surface area contributed by atoms with Crippen LogP contribution < -0.4 is 4.72 Å². The van der Waals surface area contributed by atoms with Crippen LogP contribution in [0.4, 0.5) is 13.2 Å². The number of hydrogen-bond acceptors (Lipinski definition) is 2. The van der Waals surface area contributed by atoms with Gasteiger partial charge in [-0.2, -0.15) is 13.2 Å². The van der Waals surface area contributed by atoms with Gasteiger partial charge < -0.3 is 0 Å². The first-order valence-corrected chi connectivity index (χ1v) is 9.88. The van der Waals surface area contributed by atoms with E-state index in [1.807, 2.05) is 13.8 Å². The first-order valence-electron chi connectivity index (χ1n) is 8.40. The van der Waals surface area contributed by atoms with Crippen molar-refractivity contribution >= 4 is 10.0 Å². The second-order valence-electron chi connectivity index (χ2n) is 6.29. The van der Waals surface area contributed by atoms with E-state index in [2.05, 4.69) is 11.3 Å². The quantitative estimate of drug-likeness (QED) is 0.454.